The Bertz CT molecular complexity index is 350. The predicted molar refractivity (Wildman–Crippen MR) is 73.1 cm³/mol. The molecule has 0 radical (unpaired) electrons. The van der Waals surface area contributed by atoms with Gasteiger partial charge in [-0.15, -0.1) is 0 Å². The molecule has 1 aliphatic heterocycles. The molecule has 1 atom stereocenters. The fourth-order valence-corrected chi connectivity index (χ4v) is 4.24. The van der Waals surface area contributed by atoms with Crippen molar-refractivity contribution in [2.24, 2.45) is 0 Å². The van der Waals surface area contributed by atoms with Gasteiger partial charge in [-0.1, -0.05) is 6.42 Å². The molecule has 0 aromatic rings. The largest absolute Gasteiger partial charge is 0.469 e. The number of rotatable bonds is 7. The zero-order chi connectivity index (χ0) is 13.4. The highest BCUT2D eigenvalue weighted by atomic mass is 32.2. The standard InChI is InChI=1S/C11H21NO4S2/c1-16-11(13)6-4-8-18(14,15)12-9-10-5-2-3-7-17-10/h10,12H,2-9H2,1H3. The molecule has 1 saturated heterocycles. The topological polar surface area (TPSA) is 72.5 Å². The summed E-state index contributed by atoms with van der Waals surface area (Å²) in [5, 5.41) is 0.397. The molecule has 18 heavy (non-hydrogen) atoms. The maximum absolute atomic E-state index is 11.7. The van der Waals surface area contributed by atoms with E-state index in [1.807, 2.05) is 11.8 Å². The summed E-state index contributed by atoms with van der Waals surface area (Å²) < 4.78 is 30.4. The highest BCUT2D eigenvalue weighted by Crippen LogP contribution is 2.24. The van der Waals surface area contributed by atoms with E-state index in [1.165, 1.54) is 20.0 Å². The molecule has 0 amide bonds. The average Bonchev–Trinajstić information content (AvgIpc) is 2.37. The van der Waals surface area contributed by atoms with E-state index in [0.29, 0.717) is 18.2 Å². The number of thioether (sulfide) groups is 1. The van der Waals surface area contributed by atoms with Gasteiger partial charge in [0.15, 0.2) is 0 Å². The molecule has 0 aliphatic carbocycles. The summed E-state index contributed by atoms with van der Waals surface area (Å²) in [5.41, 5.74) is 0. The highest BCUT2D eigenvalue weighted by Gasteiger charge is 2.17. The van der Waals surface area contributed by atoms with Crippen LogP contribution in [0.1, 0.15) is 32.1 Å². The van der Waals surface area contributed by atoms with Crippen LogP contribution in [0, 0.1) is 0 Å². The van der Waals surface area contributed by atoms with Gasteiger partial charge in [-0.2, -0.15) is 11.8 Å². The van der Waals surface area contributed by atoms with Crippen LogP contribution in [-0.4, -0.2) is 44.8 Å². The number of nitrogens with one attached hydrogen (secondary N) is 1. The smallest absolute Gasteiger partial charge is 0.305 e. The monoisotopic (exact) mass is 295 g/mol. The Balaban J connectivity index is 2.20. The lowest BCUT2D eigenvalue weighted by molar-refractivity contribution is -0.140. The van der Waals surface area contributed by atoms with E-state index in [1.54, 1.807) is 0 Å². The van der Waals surface area contributed by atoms with Crippen molar-refractivity contribution in [3.05, 3.63) is 0 Å². The zero-order valence-corrected chi connectivity index (χ0v) is 12.3. The van der Waals surface area contributed by atoms with E-state index in [9.17, 15) is 13.2 Å². The van der Waals surface area contributed by atoms with Crippen molar-refractivity contribution in [3.63, 3.8) is 0 Å². The molecule has 7 heteroatoms. The second-order valence-corrected chi connectivity index (χ2v) is 7.67. The third-order valence-corrected chi connectivity index (χ3v) is 5.66. The van der Waals surface area contributed by atoms with Crippen LogP contribution in [-0.2, 0) is 19.6 Å². The van der Waals surface area contributed by atoms with Crippen molar-refractivity contribution in [1.82, 2.24) is 4.72 Å². The Labute approximate surface area is 113 Å². The van der Waals surface area contributed by atoms with E-state index in [4.69, 9.17) is 0 Å². The lowest BCUT2D eigenvalue weighted by Crippen LogP contribution is -2.33. The third kappa shape index (κ3) is 6.61. The Hall–Kier alpha value is -0.270. The summed E-state index contributed by atoms with van der Waals surface area (Å²) in [5.74, 6) is 0.738. The number of sulfonamides is 1. The molecule has 0 spiro atoms. The second-order valence-electron chi connectivity index (χ2n) is 4.34. The second kappa shape index (κ2) is 8.01. The molecule has 5 nitrogen and oxygen atoms in total. The molecule has 1 N–H and O–H groups in total. The van der Waals surface area contributed by atoms with Gasteiger partial charge in [-0.25, -0.2) is 13.1 Å². The average molecular weight is 295 g/mol. The Morgan fingerprint density at radius 1 is 1.44 bits per heavy atom. The summed E-state index contributed by atoms with van der Waals surface area (Å²) in [6, 6.07) is 0. The van der Waals surface area contributed by atoms with Crippen LogP contribution in [0.5, 0.6) is 0 Å². The first-order chi connectivity index (χ1) is 8.53. The first-order valence-corrected chi connectivity index (χ1v) is 8.89. The van der Waals surface area contributed by atoms with Gasteiger partial charge < -0.3 is 4.74 Å². The van der Waals surface area contributed by atoms with Crippen molar-refractivity contribution < 1.29 is 17.9 Å². The van der Waals surface area contributed by atoms with Crippen LogP contribution >= 0.6 is 11.8 Å². The fraction of sp³-hybridized carbons (Fsp3) is 0.909. The van der Waals surface area contributed by atoms with Gasteiger partial charge in [0.05, 0.1) is 12.9 Å². The Morgan fingerprint density at radius 2 is 2.22 bits per heavy atom. The summed E-state index contributed by atoms with van der Waals surface area (Å²) in [6.45, 7) is 0.505. The SMILES string of the molecule is COC(=O)CCCS(=O)(=O)NCC1CCCCS1. The van der Waals surface area contributed by atoms with Crippen molar-refractivity contribution >= 4 is 27.8 Å². The molecule has 1 unspecified atom stereocenters. The Morgan fingerprint density at radius 3 is 2.83 bits per heavy atom. The number of ether oxygens (including phenoxy) is 1. The first kappa shape index (κ1) is 15.8. The molecule has 0 aromatic heterocycles. The molecule has 1 rings (SSSR count). The van der Waals surface area contributed by atoms with Gasteiger partial charge in [0.2, 0.25) is 10.0 Å². The van der Waals surface area contributed by atoms with Crippen LogP contribution in [0.25, 0.3) is 0 Å². The molecule has 0 saturated carbocycles. The summed E-state index contributed by atoms with van der Waals surface area (Å²) in [6.07, 6.45) is 3.94. The molecule has 1 aliphatic rings. The van der Waals surface area contributed by atoms with Gasteiger partial charge in [0.1, 0.15) is 0 Å². The number of carbonyl (C=O) groups excluding carboxylic acids is 1. The van der Waals surface area contributed by atoms with Gasteiger partial charge in [-0.3, -0.25) is 4.79 Å². The van der Waals surface area contributed by atoms with E-state index in [-0.39, 0.29) is 18.1 Å². The lowest BCUT2D eigenvalue weighted by atomic mass is 10.2. The predicted octanol–water partition coefficient (Wildman–Crippen LogP) is 1.14. The van der Waals surface area contributed by atoms with Gasteiger partial charge >= 0.3 is 5.97 Å². The normalized spacial score (nSPS) is 20.6. The zero-order valence-electron chi connectivity index (χ0n) is 10.7. The molecular weight excluding hydrogens is 274 g/mol. The van der Waals surface area contributed by atoms with Gasteiger partial charge in [-0.05, 0) is 25.0 Å². The van der Waals surface area contributed by atoms with E-state index >= 15 is 0 Å². The lowest BCUT2D eigenvalue weighted by Gasteiger charge is -2.21. The molecule has 1 fully saturated rings. The minimum Gasteiger partial charge on any atom is -0.469 e. The number of esters is 1. The first-order valence-electron chi connectivity index (χ1n) is 6.19. The van der Waals surface area contributed by atoms with E-state index < -0.39 is 10.0 Å². The molecule has 1 heterocycles. The number of hydrogen-bond donors (Lipinski definition) is 1. The van der Waals surface area contributed by atoms with E-state index in [0.717, 1.165) is 12.2 Å². The van der Waals surface area contributed by atoms with Crippen molar-refractivity contribution in [1.29, 1.82) is 0 Å². The quantitative estimate of drug-likeness (QED) is 0.713. The molecular formula is C11H21NO4S2. The number of hydrogen-bond acceptors (Lipinski definition) is 5. The maximum Gasteiger partial charge on any atom is 0.305 e. The summed E-state index contributed by atoms with van der Waals surface area (Å²) >= 11 is 1.84. The van der Waals surface area contributed by atoms with Crippen LogP contribution in [0.2, 0.25) is 0 Å². The van der Waals surface area contributed by atoms with Crippen LogP contribution < -0.4 is 4.72 Å². The summed E-state index contributed by atoms with van der Waals surface area (Å²) in [4.78, 5) is 10.9. The third-order valence-electron chi connectivity index (χ3n) is 2.83. The number of methoxy groups -OCH3 is 1. The van der Waals surface area contributed by atoms with Crippen molar-refractivity contribution in [3.8, 4) is 0 Å². The van der Waals surface area contributed by atoms with Crippen LogP contribution in [0.4, 0.5) is 0 Å². The minimum atomic E-state index is -3.26. The fourth-order valence-electron chi connectivity index (χ4n) is 1.77. The van der Waals surface area contributed by atoms with Gasteiger partial charge in [0, 0.05) is 18.2 Å². The highest BCUT2D eigenvalue weighted by molar-refractivity contribution is 8.00. The van der Waals surface area contributed by atoms with Crippen LogP contribution in [0.15, 0.2) is 0 Å². The number of carbonyl (C=O) groups is 1. The van der Waals surface area contributed by atoms with Gasteiger partial charge in [0.25, 0.3) is 0 Å². The van der Waals surface area contributed by atoms with Crippen molar-refractivity contribution in [2.75, 3.05) is 25.2 Å². The van der Waals surface area contributed by atoms with E-state index in [2.05, 4.69) is 9.46 Å². The summed E-state index contributed by atoms with van der Waals surface area (Å²) in [7, 11) is -1.95. The minimum absolute atomic E-state index is 0.0144. The molecule has 0 aromatic carbocycles. The molecule has 0 bridgehead atoms. The maximum atomic E-state index is 11.7. The Kier molecular flexibility index (Phi) is 7.03. The van der Waals surface area contributed by atoms with Crippen LogP contribution in [0.3, 0.4) is 0 Å². The van der Waals surface area contributed by atoms with Crippen molar-refractivity contribution in [2.45, 2.75) is 37.4 Å². The molecule has 106 valence electrons.